The summed E-state index contributed by atoms with van der Waals surface area (Å²) in [6, 6.07) is 9.11. The molecule has 1 aliphatic carbocycles. The summed E-state index contributed by atoms with van der Waals surface area (Å²) in [6.07, 6.45) is 2.61. The van der Waals surface area contributed by atoms with Crippen LogP contribution in [0.4, 0.5) is 6.01 Å². The minimum atomic E-state index is -0.645. The van der Waals surface area contributed by atoms with Crippen LogP contribution in [0.1, 0.15) is 30.2 Å². The van der Waals surface area contributed by atoms with Crippen LogP contribution in [-0.4, -0.2) is 22.1 Å². The summed E-state index contributed by atoms with van der Waals surface area (Å²) in [6.45, 7) is 0. The van der Waals surface area contributed by atoms with Gasteiger partial charge in [0.2, 0.25) is 11.8 Å². The van der Waals surface area contributed by atoms with Crippen molar-refractivity contribution >= 4 is 11.9 Å². The molecule has 0 saturated heterocycles. The van der Waals surface area contributed by atoms with E-state index in [1.165, 1.54) is 0 Å². The third-order valence-electron chi connectivity index (χ3n) is 3.23. The zero-order valence-electron chi connectivity index (χ0n) is 11.0. The van der Waals surface area contributed by atoms with Crippen molar-refractivity contribution < 1.29 is 9.21 Å². The number of hydrogen-bond acceptors (Lipinski definition) is 5. The molecule has 6 nitrogen and oxygen atoms in total. The molecule has 20 heavy (non-hydrogen) atoms. The normalized spacial score (nSPS) is 15.8. The molecule has 104 valence electrons. The number of anilines is 1. The summed E-state index contributed by atoms with van der Waals surface area (Å²) in [5, 5.41) is 10.3. The first-order chi connectivity index (χ1) is 9.72. The van der Waals surface area contributed by atoms with E-state index in [9.17, 15) is 4.79 Å². The Morgan fingerprint density at radius 1 is 1.35 bits per heavy atom. The number of nitrogens with zero attached hydrogens (tertiary/aromatic N) is 2. The summed E-state index contributed by atoms with van der Waals surface area (Å²) >= 11 is 0. The Bertz CT molecular complexity index is 592. The van der Waals surface area contributed by atoms with Gasteiger partial charge in [-0.3, -0.25) is 10.1 Å². The largest absolute Gasteiger partial charge is 0.408 e. The SMILES string of the molecule is N[C@@H](Cc1ccccc1)C(=O)Nc1nnc(C2CC2)o1. The number of carbonyl (C=O) groups excluding carboxylic acids is 1. The van der Waals surface area contributed by atoms with E-state index in [0.29, 0.717) is 18.2 Å². The van der Waals surface area contributed by atoms with E-state index in [1.807, 2.05) is 30.3 Å². The average Bonchev–Trinajstić information content (AvgIpc) is 3.20. The predicted octanol–water partition coefficient (Wildman–Crippen LogP) is 1.46. The summed E-state index contributed by atoms with van der Waals surface area (Å²) in [5.41, 5.74) is 6.89. The lowest BCUT2D eigenvalue weighted by Crippen LogP contribution is -2.37. The van der Waals surface area contributed by atoms with E-state index < -0.39 is 6.04 Å². The quantitative estimate of drug-likeness (QED) is 0.859. The van der Waals surface area contributed by atoms with Crippen LogP contribution in [0.3, 0.4) is 0 Å². The van der Waals surface area contributed by atoms with Crippen molar-refractivity contribution in [1.82, 2.24) is 10.2 Å². The molecule has 1 heterocycles. The lowest BCUT2D eigenvalue weighted by atomic mass is 10.1. The number of nitrogens with one attached hydrogen (secondary N) is 1. The Morgan fingerprint density at radius 2 is 2.10 bits per heavy atom. The van der Waals surface area contributed by atoms with E-state index in [0.717, 1.165) is 18.4 Å². The molecule has 0 spiro atoms. The fourth-order valence-corrected chi connectivity index (χ4v) is 1.94. The highest BCUT2D eigenvalue weighted by Gasteiger charge is 2.29. The lowest BCUT2D eigenvalue weighted by molar-refractivity contribution is -0.117. The maximum atomic E-state index is 11.9. The van der Waals surface area contributed by atoms with Gasteiger partial charge >= 0.3 is 6.01 Å². The monoisotopic (exact) mass is 272 g/mol. The van der Waals surface area contributed by atoms with Gasteiger partial charge in [0, 0.05) is 5.92 Å². The highest BCUT2D eigenvalue weighted by atomic mass is 16.4. The Balaban J connectivity index is 1.57. The van der Waals surface area contributed by atoms with E-state index in [1.54, 1.807) is 0 Å². The van der Waals surface area contributed by atoms with Crippen LogP contribution in [0.25, 0.3) is 0 Å². The second-order valence-electron chi connectivity index (χ2n) is 5.01. The minimum absolute atomic E-state index is 0.125. The van der Waals surface area contributed by atoms with E-state index in [-0.39, 0.29) is 11.9 Å². The molecule has 1 aliphatic rings. The highest BCUT2D eigenvalue weighted by Crippen LogP contribution is 2.39. The second kappa shape index (κ2) is 5.42. The van der Waals surface area contributed by atoms with Crippen molar-refractivity contribution in [1.29, 1.82) is 0 Å². The molecule has 1 fully saturated rings. The Kier molecular flexibility index (Phi) is 3.47. The molecule has 0 radical (unpaired) electrons. The lowest BCUT2D eigenvalue weighted by Gasteiger charge is -2.09. The van der Waals surface area contributed by atoms with Gasteiger partial charge in [-0.05, 0) is 24.8 Å². The van der Waals surface area contributed by atoms with Gasteiger partial charge in [-0.15, -0.1) is 5.10 Å². The van der Waals surface area contributed by atoms with Crippen molar-refractivity contribution in [2.24, 2.45) is 5.73 Å². The maximum absolute atomic E-state index is 11.9. The number of amides is 1. The Morgan fingerprint density at radius 3 is 2.80 bits per heavy atom. The van der Waals surface area contributed by atoms with Gasteiger partial charge in [0.05, 0.1) is 6.04 Å². The molecular formula is C14H16N4O2. The molecule has 1 atom stereocenters. The van der Waals surface area contributed by atoms with Crippen LogP contribution in [0.2, 0.25) is 0 Å². The van der Waals surface area contributed by atoms with Crippen LogP contribution >= 0.6 is 0 Å². The molecule has 0 aliphatic heterocycles. The van der Waals surface area contributed by atoms with Gasteiger partial charge in [-0.2, -0.15) is 0 Å². The van der Waals surface area contributed by atoms with Crippen molar-refractivity contribution in [3.05, 3.63) is 41.8 Å². The summed E-state index contributed by atoms with van der Waals surface area (Å²) in [7, 11) is 0. The number of benzene rings is 1. The summed E-state index contributed by atoms with van der Waals surface area (Å²) in [5.74, 6) is 0.642. The number of hydrogen-bond donors (Lipinski definition) is 2. The van der Waals surface area contributed by atoms with Gasteiger partial charge in [-0.1, -0.05) is 35.4 Å². The molecular weight excluding hydrogens is 256 g/mol. The zero-order valence-corrected chi connectivity index (χ0v) is 11.0. The molecule has 1 amide bonds. The van der Waals surface area contributed by atoms with E-state index >= 15 is 0 Å². The zero-order chi connectivity index (χ0) is 13.9. The molecule has 1 aromatic heterocycles. The summed E-state index contributed by atoms with van der Waals surface area (Å²) in [4.78, 5) is 11.9. The third-order valence-corrected chi connectivity index (χ3v) is 3.23. The van der Waals surface area contributed by atoms with Crippen LogP contribution in [0, 0.1) is 0 Å². The topological polar surface area (TPSA) is 94.0 Å². The van der Waals surface area contributed by atoms with Crippen LogP contribution in [0.5, 0.6) is 0 Å². The van der Waals surface area contributed by atoms with Crippen molar-refractivity contribution in [2.45, 2.75) is 31.2 Å². The number of nitrogens with two attached hydrogens (primary N) is 1. The van der Waals surface area contributed by atoms with Gasteiger partial charge in [-0.25, -0.2) is 0 Å². The molecule has 0 bridgehead atoms. The minimum Gasteiger partial charge on any atom is -0.408 e. The van der Waals surface area contributed by atoms with E-state index in [2.05, 4.69) is 15.5 Å². The second-order valence-corrected chi connectivity index (χ2v) is 5.01. The van der Waals surface area contributed by atoms with Crippen molar-refractivity contribution in [3.63, 3.8) is 0 Å². The van der Waals surface area contributed by atoms with Gasteiger partial charge in [0.25, 0.3) is 0 Å². The molecule has 3 N–H and O–H groups in total. The Labute approximate surface area is 116 Å². The third kappa shape index (κ3) is 3.03. The molecule has 6 heteroatoms. The van der Waals surface area contributed by atoms with Crippen LogP contribution in [-0.2, 0) is 11.2 Å². The molecule has 1 aromatic carbocycles. The maximum Gasteiger partial charge on any atom is 0.322 e. The predicted molar refractivity (Wildman–Crippen MR) is 73.0 cm³/mol. The van der Waals surface area contributed by atoms with Crippen molar-refractivity contribution in [2.75, 3.05) is 5.32 Å². The number of aromatic nitrogens is 2. The number of rotatable bonds is 5. The summed E-state index contributed by atoms with van der Waals surface area (Å²) < 4.78 is 5.37. The van der Waals surface area contributed by atoms with E-state index in [4.69, 9.17) is 10.2 Å². The Hall–Kier alpha value is -2.21. The van der Waals surface area contributed by atoms with Crippen LogP contribution in [0.15, 0.2) is 34.7 Å². The fourth-order valence-electron chi connectivity index (χ4n) is 1.94. The molecule has 3 rings (SSSR count). The van der Waals surface area contributed by atoms with Gasteiger partial charge < -0.3 is 10.2 Å². The standard InChI is InChI=1S/C14H16N4O2/c15-11(8-9-4-2-1-3-5-9)12(19)16-14-18-17-13(20-14)10-6-7-10/h1-5,10-11H,6-8,15H2,(H,16,18,19)/t11-/m0/s1. The van der Waals surface area contributed by atoms with Crippen molar-refractivity contribution in [3.8, 4) is 0 Å². The van der Waals surface area contributed by atoms with Gasteiger partial charge in [0.1, 0.15) is 0 Å². The fraction of sp³-hybridized carbons (Fsp3) is 0.357. The molecule has 2 aromatic rings. The first-order valence-electron chi connectivity index (χ1n) is 6.66. The average molecular weight is 272 g/mol. The highest BCUT2D eigenvalue weighted by molar-refractivity contribution is 5.93. The first-order valence-corrected chi connectivity index (χ1v) is 6.66. The first kappa shape index (κ1) is 12.8. The molecule has 1 saturated carbocycles. The number of carbonyl (C=O) groups is 1. The smallest absolute Gasteiger partial charge is 0.322 e. The van der Waals surface area contributed by atoms with Crippen LogP contribution < -0.4 is 11.1 Å². The van der Waals surface area contributed by atoms with Gasteiger partial charge in [0.15, 0.2) is 0 Å². The molecule has 0 unspecified atom stereocenters.